The average molecular weight is 341 g/mol. The standard InChI is InChI=1S/C17H13BrN2O/c1-11-8-15(18)10-19-16(11)20-17(21)14-7-6-12-4-2-3-5-13(12)9-14/h2-10H,1H3,(H,19,20,21). The molecule has 0 aliphatic rings. The van der Waals surface area contributed by atoms with Crippen LogP contribution in [0.25, 0.3) is 10.8 Å². The molecule has 0 aliphatic heterocycles. The summed E-state index contributed by atoms with van der Waals surface area (Å²) in [4.78, 5) is 16.6. The van der Waals surface area contributed by atoms with Gasteiger partial charge in [0.1, 0.15) is 5.82 Å². The Balaban J connectivity index is 1.89. The van der Waals surface area contributed by atoms with Gasteiger partial charge in [-0.1, -0.05) is 30.3 Å². The summed E-state index contributed by atoms with van der Waals surface area (Å²) in [5.41, 5.74) is 1.54. The van der Waals surface area contributed by atoms with Gasteiger partial charge in [0.15, 0.2) is 0 Å². The van der Waals surface area contributed by atoms with Gasteiger partial charge in [0.2, 0.25) is 0 Å². The molecule has 1 heterocycles. The highest BCUT2D eigenvalue weighted by Gasteiger charge is 2.09. The van der Waals surface area contributed by atoms with Crippen LogP contribution in [0.15, 0.2) is 59.2 Å². The van der Waals surface area contributed by atoms with Crippen molar-refractivity contribution in [1.82, 2.24) is 4.98 Å². The minimum Gasteiger partial charge on any atom is -0.306 e. The molecule has 0 unspecified atom stereocenters. The fourth-order valence-electron chi connectivity index (χ4n) is 2.18. The molecular formula is C17H13BrN2O. The Hall–Kier alpha value is -2.20. The van der Waals surface area contributed by atoms with Gasteiger partial charge in [-0.2, -0.15) is 0 Å². The Morgan fingerprint density at radius 2 is 1.86 bits per heavy atom. The highest BCUT2D eigenvalue weighted by Crippen LogP contribution is 2.19. The van der Waals surface area contributed by atoms with E-state index in [0.29, 0.717) is 11.4 Å². The molecule has 0 spiro atoms. The predicted octanol–water partition coefficient (Wildman–Crippen LogP) is 4.56. The quantitative estimate of drug-likeness (QED) is 0.743. The maximum Gasteiger partial charge on any atom is 0.256 e. The summed E-state index contributed by atoms with van der Waals surface area (Å²) in [6.07, 6.45) is 1.67. The predicted molar refractivity (Wildman–Crippen MR) is 88.6 cm³/mol. The Labute approximate surface area is 131 Å². The molecule has 1 aromatic heterocycles. The van der Waals surface area contributed by atoms with E-state index in [9.17, 15) is 4.79 Å². The molecule has 21 heavy (non-hydrogen) atoms. The first-order chi connectivity index (χ1) is 10.1. The third-order valence-electron chi connectivity index (χ3n) is 3.29. The molecule has 0 fully saturated rings. The highest BCUT2D eigenvalue weighted by molar-refractivity contribution is 9.10. The van der Waals surface area contributed by atoms with Gasteiger partial charge in [-0.05, 0) is 57.4 Å². The number of pyridine rings is 1. The summed E-state index contributed by atoms with van der Waals surface area (Å²) in [7, 11) is 0. The Kier molecular flexibility index (Phi) is 3.71. The van der Waals surface area contributed by atoms with Gasteiger partial charge >= 0.3 is 0 Å². The average Bonchev–Trinajstić information content (AvgIpc) is 2.49. The molecule has 0 radical (unpaired) electrons. The normalized spacial score (nSPS) is 10.6. The van der Waals surface area contributed by atoms with E-state index in [-0.39, 0.29) is 5.91 Å². The lowest BCUT2D eigenvalue weighted by Crippen LogP contribution is -2.13. The summed E-state index contributed by atoms with van der Waals surface area (Å²) < 4.78 is 0.892. The second kappa shape index (κ2) is 5.66. The van der Waals surface area contributed by atoms with Crippen LogP contribution in [-0.4, -0.2) is 10.9 Å². The smallest absolute Gasteiger partial charge is 0.256 e. The van der Waals surface area contributed by atoms with Crippen LogP contribution in [0.5, 0.6) is 0 Å². The van der Waals surface area contributed by atoms with Crippen molar-refractivity contribution in [3.8, 4) is 0 Å². The molecule has 3 nitrogen and oxygen atoms in total. The Morgan fingerprint density at radius 3 is 2.62 bits per heavy atom. The fraction of sp³-hybridized carbons (Fsp3) is 0.0588. The number of carbonyl (C=O) groups is 1. The molecule has 0 aliphatic carbocycles. The molecule has 2 aromatic carbocycles. The number of fused-ring (bicyclic) bond motifs is 1. The van der Waals surface area contributed by atoms with Crippen molar-refractivity contribution < 1.29 is 4.79 Å². The number of hydrogen-bond acceptors (Lipinski definition) is 2. The molecule has 0 atom stereocenters. The molecule has 0 bridgehead atoms. The first-order valence-corrected chi connectivity index (χ1v) is 7.35. The van der Waals surface area contributed by atoms with Crippen LogP contribution in [0.1, 0.15) is 15.9 Å². The van der Waals surface area contributed by atoms with E-state index >= 15 is 0 Å². The van der Waals surface area contributed by atoms with E-state index in [4.69, 9.17) is 0 Å². The number of amides is 1. The van der Waals surface area contributed by atoms with Crippen molar-refractivity contribution in [3.63, 3.8) is 0 Å². The number of aromatic nitrogens is 1. The highest BCUT2D eigenvalue weighted by atomic mass is 79.9. The topological polar surface area (TPSA) is 42.0 Å². The van der Waals surface area contributed by atoms with Crippen molar-refractivity contribution in [2.24, 2.45) is 0 Å². The molecule has 1 N–H and O–H groups in total. The number of halogens is 1. The van der Waals surface area contributed by atoms with E-state index < -0.39 is 0 Å². The van der Waals surface area contributed by atoms with Crippen molar-refractivity contribution in [3.05, 3.63) is 70.3 Å². The number of aryl methyl sites for hydroxylation is 1. The number of nitrogens with one attached hydrogen (secondary N) is 1. The first kappa shape index (κ1) is 13.8. The molecule has 3 aromatic rings. The van der Waals surface area contributed by atoms with Crippen molar-refractivity contribution >= 4 is 38.4 Å². The lowest BCUT2D eigenvalue weighted by molar-refractivity contribution is 0.102. The third-order valence-corrected chi connectivity index (χ3v) is 3.72. The van der Waals surface area contributed by atoms with Crippen LogP contribution in [0.2, 0.25) is 0 Å². The zero-order valence-electron chi connectivity index (χ0n) is 11.4. The molecule has 3 rings (SSSR count). The largest absolute Gasteiger partial charge is 0.306 e. The van der Waals surface area contributed by atoms with Gasteiger partial charge < -0.3 is 5.32 Å². The number of carbonyl (C=O) groups excluding carboxylic acids is 1. The van der Waals surface area contributed by atoms with Gasteiger partial charge in [0, 0.05) is 16.2 Å². The molecular weight excluding hydrogens is 328 g/mol. The van der Waals surface area contributed by atoms with Crippen molar-refractivity contribution in [1.29, 1.82) is 0 Å². The summed E-state index contributed by atoms with van der Waals surface area (Å²) in [6.45, 7) is 1.91. The van der Waals surface area contributed by atoms with Crippen molar-refractivity contribution in [2.75, 3.05) is 5.32 Å². The van der Waals surface area contributed by atoms with E-state index in [1.807, 2.05) is 55.5 Å². The van der Waals surface area contributed by atoms with Crippen LogP contribution in [0, 0.1) is 6.92 Å². The van der Waals surface area contributed by atoms with Gasteiger partial charge in [-0.15, -0.1) is 0 Å². The van der Waals surface area contributed by atoms with Crippen LogP contribution >= 0.6 is 15.9 Å². The minimum atomic E-state index is -0.154. The number of anilines is 1. The molecule has 104 valence electrons. The van der Waals surface area contributed by atoms with Crippen LogP contribution in [0.3, 0.4) is 0 Å². The lowest BCUT2D eigenvalue weighted by Gasteiger charge is -2.08. The molecule has 1 amide bonds. The SMILES string of the molecule is Cc1cc(Br)cnc1NC(=O)c1ccc2ccccc2c1. The van der Waals surface area contributed by atoms with Crippen LogP contribution in [0.4, 0.5) is 5.82 Å². The van der Waals surface area contributed by atoms with E-state index in [0.717, 1.165) is 20.8 Å². The van der Waals surface area contributed by atoms with Crippen molar-refractivity contribution in [2.45, 2.75) is 6.92 Å². The summed E-state index contributed by atoms with van der Waals surface area (Å²) in [6, 6.07) is 15.5. The molecule has 4 heteroatoms. The summed E-state index contributed by atoms with van der Waals surface area (Å²) >= 11 is 3.36. The monoisotopic (exact) mass is 340 g/mol. The minimum absolute atomic E-state index is 0.154. The van der Waals surface area contributed by atoms with E-state index in [2.05, 4.69) is 26.2 Å². The lowest BCUT2D eigenvalue weighted by atomic mass is 10.1. The zero-order valence-corrected chi connectivity index (χ0v) is 13.0. The fourth-order valence-corrected chi connectivity index (χ4v) is 2.63. The maximum atomic E-state index is 12.3. The van der Waals surface area contributed by atoms with Gasteiger partial charge in [-0.25, -0.2) is 4.98 Å². The maximum absolute atomic E-state index is 12.3. The summed E-state index contributed by atoms with van der Waals surface area (Å²) in [5, 5.41) is 5.01. The number of rotatable bonds is 2. The first-order valence-electron chi connectivity index (χ1n) is 6.56. The van der Waals surface area contributed by atoms with Gasteiger partial charge in [-0.3, -0.25) is 4.79 Å². The van der Waals surface area contributed by atoms with Crippen LogP contribution in [-0.2, 0) is 0 Å². The zero-order chi connectivity index (χ0) is 14.8. The molecule has 0 saturated heterocycles. The second-order valence-corrected chi connectivity index (χ2v) is 5.75. The van der Waals surface area contributed by atoms with Crippen LogP contribution < -0.4 is 5.32 Å². The van der Waals surface area contributed by atoms with E-state index in [1.54, 1.807) is 6.20 Å². The second-order valence-electron chi connectivity index (χ2n) is 4.84. The van der Waals surface area contributed by atoms with E-state index in [1.165, 1.54) is 0 Å². The number of hydrogen-bond donors (Lipinski definition) is 1. The molecule has 0 saturated carbocycles. The Bertz CT molecular complexity index is 830. The Morgan fingerprint density at radius 1 is 1.10 bits per heavy atom. The number of nitrogens with zero attached hydrogens (tertiary/aromatic N) is 1. The third kappa shape index (κ3) is 2.95. The summed E-state index contributed by atoms with van der Waals surface area (Å²) in [5.74, 6) is 0.426. The van der Waals surface area contributed by atoms with Gasteiger partial charge in [0.25, 0.3) is 5.91 Å². The number of benzene rings is 2. The van der Waals surface area contributed by atoms with Gasteiger partial charge in [0.05, 0.1) is 0 Å².